The number of ether oxygens (including phenoxy) is 1. The van der Waals surface area contributed by atoms with Crippen LogP contribution in [0.15, 0.2) is 59.5 Å². The Labute approximate surface area is 161 Å². The number of sulfonamides is 1. The van der Waals surface area contributed by atoms with Gasteiger partial charge in [0.2, 0.25) is 10.0 Å². The molecule has 0 spiro atoms. The van der Waals surface area contributed by atoms with Crippen molar-refractivity contribution in [2.45, 2.75) is 31.1 Å². The highest BCUT2D eigenvalue weighted by molar-refractivity contribution is 7.89. The fourth-order valence-corrected chi connectivity index (χ4v) is 3.35. The van der Waals surface area contributed by atoms with E-state index in [9.17, 15) is 13.2 Å². The molecule has 6 nitrogen and oxygen atoms in total. The van der Waals surface area contributed by atoms with E-state index in [4.69, 9.17) is 4.74 Å². The van der Waals surface area contributed by atoms with Crippen molar-refractivity contribution in [1.82, 2.24) is 10.0 Å². The molecule has 0 aliphatic heterocycles. The fraction of sp³-hybridized carbons (Fsp3) is 0.350. The van der Waals surface area contributed by atoms with Crippen molar-refractivity contribution < 1.29 is 17.9 Å². The summed E-state index contributed by atoms with van der Waals surface area (Å²) < 4.78 is 32.4. The lowest BCUT2D eigenvalue weighted by Crippen LogP contribution is -2.36. The molecule has 0 heterocycles. The van der Waals surface area contributed by atoms with Gasteiger partial charge in [-0.2, -0.15) is 0 Å². The summed E-state index contributed by atoms with van der Waals surface area (Å²) in [7, 11) is -3.61. The van der Waals surface area contributed by atoms with Gasteiger partial charge < -0.3 is 10.1 Å². The Bertz CT molecular complexity index is 842. The Hall–Kier alpha value is -2.38. The quantitative estimate of drug-likeness (QED) is 0.678. The number of para-hydroxylation sites is 1. The average Bonchev–Trinajstić information content (AvgIpc) is 2.64. The standard InChI is InChI=1S/C20H26N2O4S/c1-20(2,3)16-9-11-18(12-10-16)27(24,25)22-14-13-21-19(23)15-26-17-7-5-4-6-8-17/h4-12,22H,13-15H2,1-3H3,(H,21,23). The van der Waals surface area contributed by atoms with Gasteiger partial charge in [0.25, 0.3) is 5.91 Å². The summed E-state index contributed by atoms with van der Waals surface area (Å²) in [4.78, 5) is 11.9. The first kappa shape index (κ1) is 20.9. The summed E-state index contributed by atoms with van der Waals surface area (Å²) in [5, 5.41) is 2.62. The number of hydrogen-bond donors (Lipinski definition) is 2. The molecule has 0 bridgehead atoms. The van der Waals surface area contributed by atoms with E-state index in [-0.39, 0.29) is 35.9 Å². The lowest BCUT2D eigenvalue weighted by Gasteiger charge is -2.19. The highest BCUT2D eigenvalue weighted by Crippen LogP contribution is 2.23. The van der Waals surface area contributed by atoms with Crippen LogP contribution in [-0.4, -0.2) is 34.0 Å². The number of hydrogen-bond acceptors (Lipinski definition) is 4. The van der Waals surface area contributed by atoms with Crippen LogP contribution in [0, 0.1) is 0 Å². The monoisotopic (exact) mass is 390 g/mol. The molecule has 0 aromatic heterocycles. The lowest BCUT2D eigenvalue weighted by molar-refractivity contribution is -0.123. The van der Waals surface area contributed by atoms with Gasteiger partial charge in [-0.15, -0.1) is 0 Å². The Morgan fingerprint density at radius 3 is 2.19 bits per heavy atom. The zero-order valence-electron chi connectivity index (χ0n) is 15.9. The third-order valence-electron chi connectivity index (χ3n) is 3.88. The van der Waals surface area contributed by atoms with Gasteiger partial charge >= 0.3 is 0 Å². The minimum Gasteiger partial charge on any atom is -0.484 e. The van der Waals surface area contributed by atoms with Crippen molar-refractivity contribution in [2.24, 2.45) is 0 Å². The first-order valence-electron chi connectivity index (χ1n) is 8.73. The molecule has 0 saturated heterocycles. The highest BCUT2D eigenvalue weighted by atomic mass is 32.2. The molecule has 2 aromatic rings. The smallest absolute Gasteiger partial charge is 0.257 e. The molecule has 0 fully saturated rings. The van der Waals surface area contributed by atoms with Gasteiger partial charge in [0, 0.05) is 13.1 Å². The minimum absolute atomic E-state index is 0.0399. The van der Waals surface area contributed by atoms with Gasteiger partial charge in [-0.05, 0) is 35.2 Å². The maximum atomic E-state index is 12.3. The van der Waals surface area contributed by atoms with Crippen LogP contribution in [0.5, 0.6) is 5.75 Å². The first-order chi connectivity index (χ1) is 12.7. The fourth-order valence-electron chi connectivity index (χ4n) is 2.32. The Morgan fingerprint density at radius 1 is 0.963 bits per heavy atom. The Morgan fingerprint density at radius 2 is 1.59 bits per heavy atom. The normalized spacial score (nSPS) is 11.8. The zero-order chi connectivity index (χ0) is 19.9. The number of nitrogens with one attached hydrogen (secondary N) is 2. The van der Waals surface area contributed by atoms with Crippen molar-refractivity contribution >= 4 is 15.9 Å². The molecule has 7 heteroatoms. The molecule has 0 saturated carbocycles. The van der Waals surface area contributed by atoms with Gasteiger partial charge in [0.15, 0.2) is 6.61 Å². The van der Waals surface area contributed by atoms with Crippen LogP contribution in [0.4, 0.5) is 0 Å². The molecular formula is C20H26N2O4S. The van der Waals surface area contributed by atoms with Crippen molar-refractivity contribution in [2.75, 3.05) is 19.7 Å². The Balaban J connectivity index is 1.76. The van der Waals surface area contributed by atoms with Crippen molar-refractivity contribution in [1.29, 1.82) is 0 Å². The second-order valence-corrected chi connectivity index (χ2v) is 8.89. The van der Waals surface area contributed by atoms with Crippen LogP contribution in [0.2, 0.25) is 0 Å². The Kier molecular flexibility index (Phi) is 6.98. The third-order valence-corrected chi connectivity index (χ3v) is 5.36. The first-order valence-corrected chi connectivity index (χ1v) is 10.2. The van der Waals surface area contributed by atoms with E-state index in [1.807, 2.05) is 30.3 Å². The molecule has 0 atom stereocenters. The number of rotatable bonds is 8. The van der Waals surface area contributed by atoms with Gasteiger partial charge in [0.05, 0.1) is 4.90 Å². The molecule has 0 aliphatic carbocycles. The van der Waals surface area contributed by atoms with Crippen LogP contribution in [0.3, 0.4) is 0 Å². The summed E-state index contributed by atoms with van der Waals surface area (Å²) in [6.45, 7) is 6.36. The summed E-state index contributed by atoms with van der Waals surface area (Å²) in [5.74, 6) is 0.291. The second-order valence-electron chi connectivity index (χ2n) is 7.12. The van der Waals surface area contributed by atoms with Gasteiger partial charge in [-0.1, -0.05) is 51.1 Å². The molecule has 2 rings (SSSR count). The summed E-state index contributed by atoms with van der Waals surface area (Å²) >= 11 is 0. The molecule has 27 heavy (non-hydrogen) atoms. The lowest BCUT2D eigenvalue weighted by atomic mass is 9.87. The van der Waals surface area contributed by atoms with Crippen LogP contribution >= 0.6 is 0 Å². The number of carbonyl (C=O) groups is 1. The van der Waals surface area contributed by atoms with E-state index in [2.05, 4.69) is 30.8 Å². The van der Waals surface area contributed by atoms with E-state index in [1.165, 1.54) is 0 Å². The molecular weight excluding hydrogens is 364 g/mol. The highest BCUT2D eigenvalue weighted by Gasteiger charge is 2.17. The van der Waals surface area contributed by atoms with Gasteiger partial charge in [0.1, 0.15) is 5.75 Å². The van der Waals surface area contributed by atoms with E-state index < -0.39 is 10.0 Å². The maximum absolute atomic E-state index is 12.3. The topological polar surface area (TPSA) is 84.5 Å². The summed E-state index contributed by atoms with van der Waals surface area (Å²) in [6, 6.07) is 15.8. The molecule has 2 aromatic carbocycles. The molecule has 146 valence electrons. The largest absolute Gasteiger partial charge is 0.484 e. The zero-order valence-corrected chi connectivity index (χ0v) is 16.7. The minimum atomic E-state index is -3.61. The van der Waals surface area contributed by atoms with Crippen LogP contribution in [0.1, 0.15) is 26.3 Å². The molecule has 1 amide bonds. The van der Waals surface area contributed by atoms with Crippen molar-refractivity contribution in [3.05, 3.63) is 60.2 Å². The van der Waals surface area contributed by atoms with E-state index in [1.54, 1.807) is 24.3 Å². The predicted molar refractivity (Wildman–Crippen MR) is 105 cm³/mol. The van der Waals surface area contributed by atoms with E-state index in [0.29, 0.717) is 5.75 Å². The third kappa shape index (κ3) is 6.69. The summed E-state index contributed by atoms with van der Waals surface area (Å²) in [5.41, 5.74) is 1.02. The maximum Gasteiger partial charge on any atom is 0.257 e. The van der Waals surface area contributed by atoms with Gasteiger partial charge in [-0.3, -0.25) is 4.79 Å². The van der Waals surface area contributed by atoms with Crippen LogP contribution in [0.25, 0.3) is 0 Å². The van der Waals surface area contributed by atoms with E-state index in [0.717, 1.165) is 5.56 Å². The second kappa shape index (κ2) is 9.01. The van der Waals surface area contributed by atoms with Gasteiger partial charge in [-0.25, -0.2) is 13.1 Å². The molecule has 0 aliphatic rings. The van der Waals surface area contributed by atoms with Crippen LogP contribution in [-0.2, 0) is 20.2 Å². The van der Waals surface area contributed by atoms with Crippen molar-refractivity contribution in [3.63, 3.8) is 0 Å². The predicted octanol–water partition coefficient (Wildman–Crippen LogP) is 2.46. The molecule has 0 radical (unpaired) electrons. The molecule has 0 unspecified atom stereocenters. The SMILES string of the molecule is CC(C)(C)c1ccc(S(=O)(=O)NCCNC(=O)COc2ccccc2)cc1. The molecule has 2 N–H and O–H groups in total. The average molecular weight is 391 g/mol. The number of carbonyl (C=O) groups excluding carboxylic acids is 1. The van der Waals surface area contributed by atoms with E-state index >= 15 is 0 Å². The number of benzene rings is 2. The summed E-state index contributed by atoms with van der Waals surface area (Å²) in [6.07, 6.45) is 0. The van der Waals surface area contributed by atoms with Crippen molar-refractivity contribution in [3.8, 4) is 5.75 Å². The number of amides is 1. The van der Waals surface area contributed by atoms with Crippen LogP contribution < -0.4 is 14.8 Å².